The Kier molecular flexibility index (Phi) is 4.95. The van der Waals surface area contributed by atoms with E-state index in [1.165, 1.54) is 0 Å². The van der Waals surface area contributed by atoms with Crippen LogP contribution < -0.4 is 9.47 Å². The van der Waals surface area contributed by atoms with Crippen molar-refractivity contribution < 1.29 is 19.4 Å². The minimum atomic E-state index is -0.418. The number of phenols is 1. The number of carbonyl (C=O) groups is 1. The van der Waals surface area contributed by atoms with E-state index in [1.54, 1.807) is 31.3 Å². The van der Waals surface area contributed by atoms with Crippen LogP contribution in [0.1, 0.15) is 33.2 Å². The van der Waals surface area contributed by atoms with Gasteiger partial charge in [-0.05, 0) is 36.8 Å². The fourth-order valence-corrected chi connectivity index (χ4v) is 3.94. The number of methoxy groups -OCH3 is 2. The number of ether oxygens (including phenoxy) is 2. The summed E-state index contributed by atoms with van der Waals surface area (Å²) < 4.78 is 10.8. The number of hydrogen-bond donors (Lipinski definition) is 2. The Morgan fingerprint density at radius 1 is 1.20 bits per heavy atom. The summed E-state index contributed by atoms with van der Waals surface area (Å²) in [6.45, 7) is 6.10. The SMILES string of the molecule is C=CCN1C(=O)c2[nH]nc(-c3cc(C)ccc3O)c2C1c1ccc(OC)c(OC)c1. The Labute approximate surface area is 174 Å². The second-order valence-electron chi connectivity index (χ2n) is 7.14. The molecule has 1 aromatic heterocycles. The third-order valence-electron chi connectivity index (χ3n) is 5.32. The van der Waals surface area contributed by atoms with Crippen LogP contribution in [0.5, 0.6) is 17.2 Å². The fraction of sp³-hybridized carbons (Fsp3) is 0.217. The van der Waals surface area contributed by atoms with Gasteiger partial charge >= 0.3 is 0 Å². The molecule has 3 aromatic rings. The Balaban J connectivity index is 1.93. The van der Waals surface area contributed by atoms with Crippen LogP contribution in [0.3, 0.4) is 0 Å². The van der Waals surface area contributed by atoms with Crippen LogP contribution in [0.2, 0.25) is 0 Å². The second-order valence-corrected chi connectivity index (χ2v) is 7.14. The van der Waals surface area contributed by atoms with Crippen molar-refractivity contribution >= 4 is 5.91 Å². The summed E-state index contributed by atoms with van der Waals surface area (Å²) in [5.41, 5.74) is 4.07. The monoisotopic (exact) mass is 405 g/mol. The predicted molar refractivity (Wildman–Crippen MR) is 113 cm³/mol. The Morgan fingerprint density at radius 3 is 2.67 bits per heavy atom. The first-order valence-corrected chi connectivity index (χ1v) is 9.52. The first-order valence-electron chi connectivity index (χ1n) is 9.52. The smallest absolute Gasteiger partial charge is 0.273 e. The molecule has 1 aliphatic heterocycles. The number of rotatable bonds is 6. The van der Waals surface area contributed by atoms with Gasteiger partial charge in [-0.1, -0.05) is 23.8 Å². The molecule has 0 fully saturated rings. The number of benzene rings is 2. The molecule has 0 saturated carbocycles. The van der Waals surface area contributed by atoms with Crippen LogP contribution >= 0.6 is 0 Å². The van der Waals surface area contributed by atoms with E-state index < -0.39 is 6.04 Å². The van der Waals surface area contributed by atoms with Gasteiger partial charge in [0.25, 0.3) is 5.91 Å². The van der Waals surface area contributed by atoms with Crippen LogP contribution in [0, 0.1) is 6.92 Å². The average molecular weight is 405 g/mol. The van der Waals surface area contributed by atoms with E-state index in [4.69, 9.17) is 9.47 Å². The number of amides is 1. The van der Waals surface area contributed by atoms with Gasteiger partial charge in [-0.15, -0.1) is 6.58 Å². The molecule has 0 aliphatic carbocycles. The van der Waals surface area contributed by atoms with Gasteiger partial charge in [-0.25, -0.2) is 0 Å². The van der Waals surface area contributed by atoms with Crippen LogP contribution in [0.25, 0.3) is 11.3 Å². The average Bonchev–Trinajstić information content (AvgIpc) is 3.29. The van der Waals surface area contributed by atoms with Gasteiger partial charge in [0.1, 0.15) is 17.1 Å². The van der Waals surface area contributed by atoms with E-state index in [2.05, 4.69) is 16.8 Å². The summed E-state index contributed by atoms with van der Waals surface area (Å²) in [7, 11) is 3.15. The number of carbonyl (C=O) groups excluding carboxylic acids is 1. The summed E-state index contributed by atoms with van der Waals surface area (Å²) in [6, 6.07) is 10.5. The van der Waals surface area contributed by atoms with Crippen LogP contribution in [0.4, 0.5) is 0 Å². The molecule has 7 heteroatoms. The fourth-order valence-electron chi connectivity index (χ4n) is 3.94. The molecule has 4 rings (SSSR count). The van der Waals surface area contributed by atoms with Crippen molar-refractivity contribution in [1.29, 1.82) is 0 Å². The number of aromatic amines is 1. The topological polar surface area (TPSA) is 87.7 Å². The number of aryl methyl sites for hydroxylation is 1. The van der Waals surface area contributed by atoms with E-state index in [0.717, 1.165) is 16.7 Å². The summed E-state index contributed by atoms with van der Waals surface area (Å²) >= 11 is 0. The third-order valence-corrected chi connectivity index (χ3v) is 5.32. The van der Waals surface area contributed by atoms with Gasteiger partial charge in [0.05, 0.1) is 20.3 Å². The zero-order valence-electron chi connectivity index (χ0n) is 17.1. The number of phenolic OH excluding ortho intramolecular Hbond substituents is 1. The Bertz CT molecular complexity index is 1140. The molecule has 1 amide bonds. The van der Waals surface area contributed by atoms with Crippen molar-refractivity contribution in [3.05, 3.63) is 71.4 Å². The minimum Gasteiger partial charge on any atom is -0.507 e. The van der Waals surface area contributed by atoms with E-state index in [0.29, 0.717) is 35.0 Å². The lowest BCUT2D eigenvalue weighted by Gasteiger charge is -2.26. The minimum absolute atomic E-state index is 0.107. The number of hydrogen-bond acceptors (Lipinski definition) is 5. The maximum absolute atomic E-state index is 13.1. The number of nitrogens with one attached hydrogen (secondary N) is 1. The van der Waals surface area contributed by atoms with Gasteiger partial charge in [0.15, 0.2) is 11.5 Å². The lowest BCUT2D eigenvalue weighted by atomic mass is 9.95. The zero-order chi connectivity index (χ0) is 21.4. The molecular formula is C23H23N3O4. The molecule has 154 valence electrons. The molecule has 0 spiro atoms. The number of aromatic hydroxyl groups is 1. The molecule has 2 heterocycles. The number of aromatic nitrogens is 2. The quantitative estimate of drug-likeness (QED) is 0.609. The van der Waals surface area contributed by atoms with E-state index in [9.17, 15) is 9.90 Å². The van der Waals surface area contributed by atoms with E-state index in [-0.39, 0.29) is 11.7 Å². The molecular weight excluding hydrogens is 382 g/mol. The second kappa shape index (κ2) is 7.59. The van der Waals surface area contributed by atoms with Crippen molar-refractivity contribution in [2.45, 2.75) is 13.0 Å². The van der Waals surface area contributed by atoms with E-state index >= 15 is 0 Å². The number of nitrogens with zero attached hydrogens (tertiary/aromatic N) is 2. The van der Waals surface area contributed by atoms with Gasteiger partial charge in [0, 0.05) is 17.7 Å². The Morgan fingerprint density at radius 2 is 1.97 bits per heavy atom. The molecule has 7 nitrogen and oxygen atoms in total. The molecule has 1 atom stereocenters. The molecule has 2 N–H and O–H groups in total. The molecule has 2 aromatic carbocycles. The molecule has 0 saturated heterocycles. The van der Waals surface area contributed by atoms with Crippen LogP contribution in [0.15, 0.2) is 49.1 Å². The predicted octanol–water partition coefficient (Wildman–Crippen LogP) is 3.84. The largest absolute Gasteiger partial charge is 0.507 e. The molecule has 0 radical (unpaired) electrons. The number of H-pyrrole nitrogens is 1. The molecule has 1 aliphatic rings. The third kappa shape index (κ3) is 2.99. The highest BCUT2D eigenvalue weighted by Gasteiger charge is 2.42. The summed E-state index contributed by atoms with van der Waals surface area (Å²) in [5.74, 6) is 1.11. The highest BCUT2D eigenvalue weighted by molar-refractivity contribution is 6.00. The standard InChI is InChI=1S/C23H23N3O4/c1-5-10-26-22(14-7-9-17(29-3)18(12-14)30-4)19-20(24-25-21(19)23(26)28)15-11-13(2)6-8-16(15)27/h5-9,11-12,22,27H,1,10H2,2-4H3,(H,24,25). The van der Waals surface area contributed by atoms with Crippen molar-refractivity contribution in [1.82, 2.24) is 15.1 Å². The summed E-state index contributed by atoms with van der Waals surface area (Å²) in [5, 5.41) is 17.7. The van der Waals surface area contributed by atoms with Crippen LogP contribution in [-0.4, -0.2) is 46.9 Å². The summed E-state index contributed by atoms with van der Waals surface area (Å²) in [4.78, 5) is 14.8. The van der Waals surface area contributed by atoms with Crippen molar-refractivity contribution in [3.63, 3.8) is 0 Å². The van der Waals surface area contributed by atoms with Gasteiger partial charge in [-0.3, -0.25) is 9.89 Å². The van der Waals surface area contributed by atoms with Gasteiger partial charge in [0.2, 0.25) is 0 Å². The Hall–Kier alpha value is -3.74. The maximum Gasteiger partial charge on any atom is 0.273 e. The highest BCUT2D eigenvalue weighted by atomic mass is 16.5. The van der Waals surface area contributed by atoms with E-state index in [1.807, 2.05) is 37.3 Å². The maximum atomic E-state index is 13.1. The van der Waals surface area contributed by atoms with Crippen molar-refractivity contribution in [2.75, 3.05) is 20.8 Å². The van der Waals surface area contributed by atoms with Crippen molar-refractivity contribution in [2.24, 2.45) is 0 Å². The zero-order valence-corrected chi connectivity index (χ0v) is 17.1. The first kappa shape index (κ1) is 19.6. The normalized spacial score (nSPS) is 15.2. The first-order chi connectivity index (χ1) is 14.5. The summed E-state index contributed by atoms with van der Waals surface area (Å²) in [6.07, 6.45) is 1.69. The molecule has 1 unspecified atom stereocenters. The van der Waals surface area contributed by atoms with Crippen molar-refractivity contribution in [3.8, 4) is 28.5 Å². The van der Waals surface area contributed by atoms with Gasteiger partial charge in [-0.2, -0.15) is 5.10 Å². The molecule has 0 bridgehead atoms. The highest BCUT2D eigenvalue weighted by Crippen LogP contribution is 2.45. The van der Waals surface area contributed by atoms with Crippen LogP contribution in [-0.2, 0) is 0 Å². The molecule has 30 heavy (non-hydrogen) atoms. The lowest BCUT2D eigenvalue weighted by molar-refractivity contribution is 0.0764. The number of fused-ring (bicyclic) bond motifs is 1. The van der Waals surface area contributed by atoms with Gasteiger partial charge < -0.3 is 19.5 Å². The lowest BCUT2D eigenvalue weighted by Crippen LogP contribution is -2.29.